The lowest BCUT2D eigenvalue weighted by Gasteiger charge is -2.25. The Morgan fingerprint density at radius 3 is 2.14 bits per heavy atom. The molecule has 2 amide bonds. The predicted molar refractivity (Wildman–Crippen MR) is 135 cm³/mol. The first-order valence-electron chi connectivity index (χ1n) is 12.2. The van der Waals surface area contributed by atoms with Gasteiger partial charge in [-0.05, 0) is 46.9 Å². The smallest absolute Gasteiger partial charge is 0.407 e. The number of alkyl carbamates (subject to hydrolysis) is 1. The zero-order valence-corrected chi connectivity index (χ0v) is 20.8. The first-order chi connectivity index (χ1) is 16.6. The molecule has 7 heteroatoms. The molecule has 1 aliphatic rings. The summed E-state index contributed by atoms with van der Waals surface area (Å²) in [4.78, 5) is 35.6. The molecule has 3 rings (SSSR count). The molecule has 0 fully saturated rings. The summed E-state index contributed by atoms with van der Waals surface area (Å²) >= 11 is 0. The van der Waals surface area contributed by atoms with Crippen LogP contribution in [0.3, 0.4) is 0 Å². The number of carbonyl (C=O) groups excluding carboxylic acids is 2. The molecule has 0 saturated heterocycles. The Kier molecular flexibility index (Phi) is 8.90. The topological polar surface area (TPSA) is 105 Å². The molecule has 0 aromatic heterocycles. The molecule has 0 saturated carbocycles. The van der Waals surface area contributed by atoms with Gasteiger partial charge in [0.1, 0.15) is 6.61 Å². The summed E-state index contributed by atoms with van der Waals surface area (Å²) in [5, 5.41) is 14.7. The third-order valence-electron chi connectivity index (χ3n) is 6.09. The van der Waals surface area contributed by atoms with Gasteiger partial charge in [0.25, 0.3) is 0 Å². The highest BCUT2D eigenvalue weighted by atomic mass is 16.5. The first-order valence-corrected chi connectivity index (χ1v) is 12.2. The van der Waals surface area contributed by atoms with Crippen molar-refractivity contribution in [3.63, 3.8) is 0 Å². The second kappa shape index (κ2) is 11.9. The van der Waals surface area contributed by atoms with Gasteiger partial charge in [-0.2, -0.15) is 0 Å². The van der Waals surface area contributed by atoms with Gasteiger partial charge in [-0.25, -0.2) is 4.79 Å². The molecule has 1 unspecified atom stereocenters. The second-order valence-corrected chi connectivity index (χ2v) is 10.3. The second-order valence-electron chi connectivity index (χ2n) is 10.3. The van der Waals surface area contributed by atoms with Gasteiger partial charge in [-0.1, -0.05) is 69.3 Å². The number of carboxylic acid groups (broad SMARTS) is 1. The summed E-state index contributed by atoms with van der Waals surface area (Å²) in [6, 6.07) is 16.0. The molecular formula is C28H36N2O5. The summed E-state index contributed by atoms with van der Waals surface area (Å²) in [6.07, 6.45) is 1.53. The van der Waals surface area contributed by atoms with Gasteiger partial charge in [-0.15, -0.1) is 0 Å². The summed E-state index contributed by atoms with van der Waals surface area (Å²) in [6.45, 7) is 6.72. The zero-order chi connectivity index (χ0) is 25.4. The van der Waals surface area contributed by atoms with Crippen molar-refractivity contribution >= 4 is 18.0 Å². The number of carboxylic acids is 1. The minimum absolute atomic E-state index is 0.0173. The van der Waals surface area contributed by atoms with Crippen molar-refractivity contribution in [3.05, 3.63) is 59.7 Å². The van der Waals surface area contributed by atoms with E-state index in [1.54, 1.807) is 0 Å². The van der Waals surface area contributed by atoms with Crippen LogP contribution in [0.1, 0.15) is 69.9 Å². The first kappa shape index (κ1) is 26.3. The number of carbonyl (C=O) groups is 3. The number of benzene rings is 2. The van der Waals surface area contributed by atoms with Crippen molar-refractivity contribution in [2.45, 2.75) is 64.8 Å². The van der Waals surface area contributed by atoms with Crippen LogP contribution in [0, 0.1) is 5.41 Å². The highest BCUT2D eigenvalue weighted by molar-refractivity contribution is 5.79. The van der Waals surface area contributed by atoms with Crippen LogP contribution in [0.5, 0.6) is 0 Å². The van der Waals surface area contributed by atoms with Crippen molar-refractivity contribution in [1.82, 2.24) is 10.6 Å². The summed E-state index contributed by atoms with van der Waals surface area (Å²) < 4.78 is 5.52. The molecule has 1 aliphatic carbocycles. The van der Waals surface area contributed by atoms with Crippen LogP contribution in [-0.2, 0) is 14.3 Å². The molecule has 0 heterocycles. The van der Waals surface area contributed by atoms with Gasteiger partial charge in [0.05, 0.1) is 6.42 Å². The third kappa shape index (κ3) is 7.84. The van der Waals surface area contributed by atoms with Gasteiger partial charge in [-0.3, -0.25) is 9.59 Å². The number of unbranched alkanes of at least 4 members (excludes halogenated alkanes) is 1. The van der Waals surface area contributed by atoms with Gasteiger partial charge < -0.3 is 20.5 Å². The van der Waals surface area contributed by atoms with Crippen LogP contribution in [-0.4, -0.2) is 42.3 Å². The van der Waals surface area contributed by atoms with Gasteiger partial charge in [0, 0.05) is 24.9 Å². The maximum Gasteiger partial charge on any atom is 0.407 e. The van der Waals surface area contributed by atoms with Crippen molar-refractivity contribution in [1.29, 1.82) is 0 Å². The minimum Gasteiger partial charge on any atom is -0.481 e. The van der Waals surface area contributed by atoms with E-state index in [9.17, 15) is 14.4 Å². The maximum absolute atomic E-state index is 12.3. The molecule has 0 aliphatic heterocycles. The molecule has 0 bridgehead atoms. The Hall–Kier alpha value is -3.35. The largest absolute Gasteiger partial charge is 0.481 e. The molecule has 35 heavy (non-hydrogen) atoms. The predicted octanol–water partition coefficient (Wildman–Crippen LogP) is 5.09. The fourth-order valence-corrected chi connectivity index (χ4v) is 4.67. The third-order valence-corrected chi connectivity index (χ3v) is 6.09. The van der Waals surface area contributed by atoms with E-state index in [1.807, 2.05) is 45.0 Å². The van der Waals surface area contributed by atoms with E-state index in [-0.39, 0.29) is 42.7 Å². The molecule has 0 radical (unpaired) electrons. The number of fused-ring (bicyclic) bond motifs is 3. The van der Waals surface area contributed by atoms with Crippen molar-refractivity contribution < 1.29 is 24.2 Å². The van der Waals surface area contributed by atoms with E-state index >= 15 is 0 Å². The fraction of sp³-hybridized carbons (Fsp3) is 0.464. The van der Waals surface area contributed by atoms with Crippen LogP contribution < -0.4 is 10.6 Å². The lowest BCUT2D eigenvalue weighted by atomic mass is 9.87. The number of hydrogen-bond donors (Lipinski definition) is 3. The fourth-order valence-electron chi connectivity index (χ4n) is 4.67. The number of aliphatic carboxylic acids is 1. The maximum atomic E-state index is 12.3. The van der Waals surface area contributed by atoms with E-state index in [0.29, 0.717) is 25.8 Å². The molecule has 2 aromatic carbocycles. The molecular weight excluding hydrogens is 444 g/mol. The molecule has 1 atom stereocenters. The number of rotatable bonds is 11. The summed E-state index contributed by atoms with van der Waals surface area (Å²) in [7, 11) is 0. The van der Waals surface area contributed by atoms with E-state index in [0.717, 1.165) is 0 Å². The standard InChI is InChI=1S/C28H36N2O5/c1-28(2,3)17-19(16-26(32)33)30-25(31)14-8-9-15-29-27(34)35-18-24-22-12-6-4-10-20(22)21-11-5-7-13-23(21)24/h4-7,10-13,19,24H,8-9,14-18H2,1-3H3,(H,29,34)(H,30,31)(H,32,33). The monoisotopic (exact) mass is 480 g/mol. The minimum atomic E-state index is -0.924. The average Bonchev–Trinajstić information content (AvgIpc) is 3.09. The van der Waals surface area contributed by atoms with Crippen LogP contribution in [0.4, 0.5) is 4.79 Å². The van der Waals surface area contributed by atoms with Crippen LogP contribution in [0.15, 0.2) is 48.5 Å². The van der Waals surface area contributed by atoms with E-state index in [4.69, 9.17) is 9.84 Å². The van der Waals surface area contributed by atoms with Gasteiger partial charge in [0.2, 0.25) is 5.91 Å². The van der Waals surface area contributed by atoms with Gasteiger partial charge >= 0.3 is 12.1 Å². The van der Waals surface area contributed by atoms with Crippen molar-refractivity contribution in [2.24, 2.45) is 5.41 Å². The SMILES string of the molecule is CC(C)(C)CC(CC(=O)O)NC(=O)CCCCNC(=O)OCC1c2ccccc2-c2ccccc21. The number of hydrogen-bond acceptors (Lipinski definition) is 4. The Morgan fingerprint density at radius 2 is 1.57 bits per heavy atom. The van der Waals surface area contributed by atoms with Crippen LogP contribution in [0.2, 0.25) is 0 Å². The summed E-state index contributed by atoms with van der Waals surface area (Å²) in [5.41, 5.74) is 4.62. The lowest BCUT2D eigenvalue weighted by molar-refractivity contribution is -0.137. The van der Waals surface area contributed by atoms with Crippen molar-refractivity contribution in [3.8, 4) is 11.1 Å². The molecule has 188 valence electrons. The Balaban J connectivity index is 1.37. The van der Waals surface area contributed by atoms with Gasteiger partial charge in [0.15, 0.2) is 0 Å². The summed E-state index contributed by atoms with van der Waals surface area (Å²) in [5.74, 6) is -1.07. The lowest BCUT2D eigenvalue weighted by Crippen LogP contribution is -2.39. The number of nitrogens with one attached hydrogen (secondary N) is 2. The molecule has 2 aromatic rings. The number of amides is 2. The van der Waals surface area contributed by atoms with E-state index in [2.05, 4.69) is 34.9 Å². The number of ether oxygens (including phenoxy) is 1. The Morgan fingerprint density at radius 1 is 0.971 bits per heavy atom. The molecule has 0 spiro atoms. The van der Waals surface area contributed by atoms with E-state index < -0.39 is 12.1 Å². The van der Waals surface area contributed by atoms with Crippen LogP contribution in [0.25, 0.3) is 11.1 Å². The Labute approximate surface area is 207 Å². The quantitative estimate of drug-likeness (QED) is 0.389. The normalized spacial score (nSPS) is 13.5. The molecule has 3 N–H and O–H groups in total. The van der Waals surface area contributed by atoms with E-state index in [1.165, 1.54) is 22.3 Å². The zero-order valence-electron chi connectivity index (χ0n) is 20.8. The van der Waals surface area contributed by atoms with Crippen molar-refractivity contribution in [2.75, 3.05) is 13.2 Å². The Bertz CT molecular complexity index is 998. The highest BCUT2D eigenvalue weighted by Crippen LogP contribution is 2.44. The average molecular weight is 481 g/mol. The van der Waals surface area contributed by atoms with Crippen LogP contribution >= 0.6 is 0 Å². The highest BCUT2D eigenvalue weighted by Gasteiger charge is 2.29. The molecule has 7 nitrogen and oxygen atoms in total.